The molecule has 0 bridgehead atoms. The van der Waals surface area contributed by atoms with Crippen LogP contribution in [0.5, 0.6) is 0 Å². The van der Waals surface area contributed by atoms with Crippen molar-refractivity contribution in [2.24, 2.45) is 5.73 Å². The second kappa shape index (κ2) is 5.52. The van der Waals surface area contributed by atoms with Gasteiger partial charge in [0.25, 0.3) is 0 Å². The number of rotatable bonds is 2. The van der Waals surface area contributed by atoms with Crippen molar-refractivity contribution >= 4 is 5.91 Å². The third-order valence-corrected chi connectivity index (χ3v) is 3.97. The van der Waals surface area contributed by atoms with Gasteiger partial charge in [0, 0.05) is 13.0 Å². The summed E-state index contributed by atoms with van der Waals surface area (Å²) in [5, 5.41) is 0. The number of carbonyl (C=O) groups excluding carboxylic acids is 1. The molecule has 2 aliphatic rings. The van der Waals surface area contributed by atoms with Crippen molar-refractivity contribution in [1.82, 2.24) is 4.90 Å². The van der Waals surface area contributed by atoms with Crippen LogP contribution in [0.25, 0.3) is 0 Å². The fourth-order valence-electron chi connectivity index (χ4n) is 2.91. The van der Waals surface area contributed by atoms with Crippen molar-refractivity contribution in [3.05, 3.63) is 35.9 Å². The fourth-order valence-corrected chi connectivity index (χ4v) is 2.91. The van der Waals surface area contributed by atoms with Gasteiger partial charge in [0.2, 0.25) is 5.91 Å². The number of carbonyl (C=O) groups is 1. The second-order valence-corrected chi connectivity index (χ2v) is 5.36. The monoisotopic (exact) mass is 276 g/mol. The molecule has 1 unspecified atom stereocenters. The van der Waals surface area contributed by atoms with Gasteiger partial charge in [-0.15, -0.1) is 0 Å². The lowest BCUT2D eigenvalue weighted by atomic mass is 10.0. The first-order valence-corrected chi connectivity index (χ1v) is 7.07. The van der Waals surface area contributed by atoms with Crippen LogP contribution in [-0.2, 0) is 14.3 Å². The van der Waals surface area contributed by atoms with E-state index in [0.717, 1.165) is 18.4 Å². The predicted molar refractivity (Wildman–Crippen MR) is 73.8 cm³/mol. The van der Waals surface area contributed by atoms with Gasteiger partial charge in [0.15, 0.2) is 5.79 Å². The summed E-state index contributed by atoms with van der Waals surface area (Å²) < 4.78 is 11.4. The summed E-state index contributed by atoms with van der Waals surface area (Å²) >= 11 is 0. The molecule has 0 saturated carbocycles. The van der Waals surface area contributed by atoms with Gasteiger partial charge in [-0.05, 0) is 12.0 Å². The minimum absolute atomic E-state index is 0.0608. The molecule has 0 radical (unpaired) electrons. The van der Waals surface area contributed by atoms with Crippen LogP contribution < -0.4 is 5.73 Å². The lowest BCUT2D eigenvalue weighted by molar-refractivity contribution is -0.193. The van der Waals surface area contributed by atoms with Crippen molar-refractivity contribution < 1.29 is 14.3 Å². The number of hydrogen-bond acceptors (Lipinski definition) is 4. The molecule has 5 heteroatoms. The van der Waals surface area contributed by atoms with Crippen molar-refractivity contribution in [3.8, 4) is 0 Å². The van der Waals surface area contributed by atoms with Crippen LogP contribution in [0.3, 0.4) is 0 Å². The van der Waals surface area contributed by atoms with Crippen LogP contribution >= 0.6 is 0 Å². The topological polar surface area (TPSA) is 64.8 Å². The molecular weight excluding hydrogens is 256 g/mol. The Kier molecular flexibility index (Phi) is 3.74. The average Bonchev–Trinajstić information content (AvgIpc) is 2.94. The molecule has 3 rings (SSSR count). The molecule has 2 aliphatic heterocycles. The highest BCUT2D eigenvalue weighted by molar-refractivity contribution is 5.83. The number of amides is 1. The maximum Gasteiger partial charge on any atom is 0.244 e. The first-order valence-electron chi connectivity index (χ1n) is 7.07. The number of likely N-dealkylation sites (tertiary alicyclic amines) is 1. The van der Waals surface area contributed by atoms with Crippen LogP contribution in [-0.4, -0.2) is 42.9 Å². The fraction of sp³-hybridized carbons (Fsp3) is 0.533. The van der Waals surface area contributed by atoms with E-state index in [1.165, 1.54) is 0 Å². The predicted octanol–water partition coefficient (Wildman–Crippen LogP) is 1.05. The minimum Gasteiger partial charge on any atom is -0.346 e. The molecule has 2 N–H and O–H groups in total. The summed E-state index contributed by atoms with van der Waals surface area (Å²) in [7, 11) is 0. The maximum absolute atomic E-state index is 12.5. The third kappa shape index (κ3) is 2.57. The Morgan fingerprint density at radius 2 is 1.95 bits per heavy atom. The van der Waals surface area contributed by atoms with Crippen LogP contribution in [0.15, 0.2) is 30.3 Å². The summed E-state index contributed by atoms with van der Waals surface area (Å²) in [6.45, 7) is 2.40. The van der Waals surface area contributed by atoms with E-state index in [4.69, 9.17) is 15.2 Å². The number of piperidine rings is 1. The number of benzene rings is 1. The van der Waals surface area contributed by atoms with Gasteiger partial charge < -0.3 is 20.1 Å². The summed E-state index contributed by atoms with van der Waals surface area (Å²) in [5.41, 5.74) is 6.92. The van der Waals surface area contributed by atoms with Crippen molar-refractivity contribution in [3.63, 3.8) is 0 Å². The Hall–Kier alpha value is -1.43. The third-order valence-electron chi connectivity index (χ3n) is 3.97. The number of ether oxygens (including phenoxy) is 2. The van der Waals surface area contributed by atoms with E-state index in [1.54, 1.807) is 4.90 Å². The highest BCUT2D eigenvalue weighted by Gasteiger charge is 2.42. The largest absolute Gasteiger partial charge is 0.346 e. The van der Waals surface area contributed by atoms with Gasteiger partial charge in [0.1, 0.15) is 6.04 Å². The lowest BCUT2D eigenvalue weighted by Crippen LogP contribution is -2.53. The summed E-state index contributed by atoms with van der Waals surface area (Å²) in [6, 6.07) is 8.84. The zero-order chi connectivity index (χ0) is 14.0. The molecule has 1 aromatic rings. The zero-order valence-electron chi connectivity index (χ0n) is 11.5. The van der Waals surface area contributed by atoms with E-state index in [9.17, 15) is 4.79 Å². The van der Waals surface area contributed by atoms with Gasteiger partial charge in [-0.3, -0.25) is 4.79 Å². The Balaban J connectivity index is 1.70. The summed E-state index contributed by atoms with van der Waals surface area (Å²) in [5.74, 6) is -0.654. The first-order chi connectivity index (χ1) is 9.70. The molecule has 2 saturated heterocycles. The zero-order valence-corrected chi connectivity index (χ0v) is 11.5. The molecule has 1 spiro atoms. The van der Waals surface area contributed by atoms with E-state index in [2.05, 4.69) is 0 Å². The van der Waals surface area contributed by atoms with Gasteiger partial charge in [-0.2, -0.15) is 0 Å². The molecule has 1 aromatic carbocycles. The second-order valence-electron chi connectivity index (χ2n) is 5.36. The summed E-state index contributed by atoms with van der Waals surface area (Å²) in [6.07, 6.45) is 1.73. The van der Waals surface area contributed by atoms with Gasteiger partial charge in [-0.25, -0.2) is 0 Å². The Labute approximate surface area is 118 Å². The van der Waals surface area contributed by atoms with E-state index in [1.807, 2.05) is 30.3 Å². The smallest absolute Gasteiger partial charge is 0.244 e. The van der Waals surface area contributed by atoms with Crippen LogP contribution in [0, 0.1) is 0 Å². The van der Waals surface area contributed by atoms with Crippen LogP contribution in [0.1, 0.15) is 24.4 Å². The molecular formula is C15H20N2O3. The van der Waals surface area contributed by atoms with E-state index in [0.29, 0.717) is 26.3 Å². The quantitative estimate of drug-likeness (QED) is 0.877. The molecule has 1 amide bonds. The van der Waals surface area contributed by atoms with Gasteiger partial charge >= 0.3 is 0 Å². The normalized spacial score (nSPS) is 22.9. The Bertz CT molecular complexity index is 471. The molecule has 0 aliphatic carbocycles. The highest BCUT2D eigenvalue weighted by Crippen LogP contribution is 2.31. The molecule has 108 valence electrons. The summed E-state index contributed by atoms with van der Waals surface area (Å²) in [4.78, 5) is 14.3. The molecule has 20 heavy (non-hydrogen) atoms. The van der Waals surface area contributed by atoms with Crippen molar-refractivity contribution in [1.29, 1.82) is 0 Å². The van der Waals surface area contributed by atoms with Gasteiger partial charge in [0.05, 0.1) is 19.8 Å². The van der Waals surface area contributed by atoms with E-state index in [-0.39, 0.29) is 5.91 Å². The van der Waals surface area contributed by atoms with Crippen LogP contribution in [0.4, 0.5) is 0 Å². The average molecular weight is 276 g/mol. The number of hydrogen-bond donors (Lipinski definition) is 1. The van der Waals surface area contributed by atoms with E-state index < -0.39 is 11.8 Å². The Morgan fingerprint density at radius 1 is 1.25 bits per heavy atom. The molecule has 2 fully saturated rings. The Morgan fingerprint density at radius 3 is 2.65 bits per heavy atom. The highest BCUT2D eigenvalue weighted by atomic mass is 16.7. The molecule has 0 aromatic heterocycles. The molecule has 5 nitrogen and oxygen atoms in total. The standard InChI is InChI=1S/C15H20N2O3/c16-13(12-5-2-1-3-6-12)14(18)17-8-4-7-15(11-17)19-9-10-20-15/h1-3,5-6,13H,4,7-11,16H2. The molecule has 2 heterocycles. The van der Waals surface area contributed by atoms with E-state index >= 15 is 0 Å². The minimum atomic E-state index is -0.618. The maximum atomic E-state index is 12.5. The molecule has 1 atom stereocenters. The van der Waals surface area contributed by atoms with Crippen molar-refractivity contribution in [2.45, 2.75) is 24.7 Å². The number of nitrogens with two attached hydrogens (primary N) is 1. The SMILES string of the molecule is NC(C(=O)N1CCCC2(C1)OCCO2)c1ccccc1. The van der Waals surface area contributed by atoms with Crippen LogP contribution in [0.2, 0.25) is 0 Å². The van der Waals surface area contributed by atoms with Gasteiger partial charge in [-0.1, -0.05) is 30.3 Å². The number of nitrogens with zero attached hydrogens (tertiary/aromatic N) is 1. The first kappa shape index (κ1) is 13.5. The lowest BCUT2D eigenvalue weighted by Gasteiger charge is -2.39. The van der Waals surface area contributed by atoms with Crippen molar-refractivity contribution in [2.75, 3.05) is 26.3 Å².